The van der Waals surface area contributed by atoms with Crippen LogP contribution in [-0.4, -0.2) is 70.5 Å². The molecule has 180 valence electrons. The molecule has 12 N–H and O–H groups in total. The van der Waals surface area contributed by atoms with Gasteiger partial charge in [0.05, 0.1) is 6.42 Å². The van der Waals surface area contributed by atoms with Crippen molar-refractivity contribution in [2.45, 2.75) is 64.2 Å². The van der Waals surface area contributed by atoms with Crippen molar-refractivity contribution < 1.29 is 39.6 Å². The van der Waals surface area contributed by atoms with E-state index in [9.17, 15) is 19.2 Å². The average Bonchev–Trinajstić information content (AvgIpc) is 2.65. The Bertz CT molecular complexity index is 423. The highest BCUT2D eigenvalue weighted by Crippen LogP contribution is 1.97. The normalized spacial score (nSPS) is 8.93. The predicted molar refractivity (Wildman–Crippen MR) is 113 cm³/mol. The van der Waals surface area contributed by atoms with Crippen molar-refractivity contribution in [1.29, 1.82) is 0 Å². The minimum Gasteiger partial charge on any atom is -0.481 e. The molecule has 0 aliphatic carbocycles. The van der Waals surface area contributed by atoms with Gasteiger partial charge in [-0.25, -0.2) is 0 Å². The summed E-state index contributed by atoms with van der Waals surface area (Å²) in [6.07, 6.45) is 5.50. The number of unbranched alkanes of at least 4 members (excludes halogenated alkanes) is 3. The second-order valence-electron chi connectivity index (χ2n) is 5.85. The zero-order valence-corrected chi connectivity index (χ0v) is 17.6. The van der Waals surface area contributed by atoms with Gasteiger partial charge in [-0.2, -0.15) is 0 Å². The zero-order chi connectivity index (χ0) is 24.2. The van der Waals surface area contributed by atoms with Crippen LogP contribution in [0.15, 0.2) is 0 Å². The van der Waals surface area contributed by atoms with Crippen LogP contribution in [0.25, 0.3) is 0 Å². The maximum atomic E-state index is 9.93. The fraction of sp³-hybridized carbons (Fsp3) is 0.778. The van der Waals surface area contributed by atoms with Crippen molar-refractivity contribution in [3.05, 3.63) is 0 Å². The van der Waals surface area contributed by atoms with Crippen LogP contribution in [0.5, 0.6) is 0 Å². The van der Waals surface area contributed by atoms with Crippen LogP contribution in [-0.2, 0) is 19.2 Å². The highest BCUT2D eigenvalue weighted by molar-refractivity contribution is 5.67. The molecule has 0 aromatic heterocycles. The van der Waals surface area contributed by atoms with Gasteiger partial charge in [0.25, 0.3) is 0 Å². The Kier molecular flexibility index (Phi) is 36.8. The van der Waals surface area contributed by atoms with Gasteiger partial charge < -0.3 is 43.4 Å². The molecule has 0 spiro atoms. The van der Waals surface area contributed by atoms with E-state index in [1.165, 1.54) is 0 Å². The van der Waals surface area contributed by atoms with Gasteiger partial charge >= 0.3 is 23.9 Å². The summed E-state index contributed by atoms with van der Waals surface area (Å²) in [5.74, 6) is -3.06. The second kappa shape index (κ2) is 31.4. The Hall–Kier alpha value is -2.28. The first-order chi connectivity index (χ1) is 14.1. The number of carboxylic acid groups (broad SMARTS) is 4. The molecule has 0 atom stereocenters. The van der Waals surface area contributed by atoms with Gasteiger partial charge in [-0.15, -0.1) is 0 Å². The molecule has 0 unspecified atom stereocenters. The van der Waals surface area contributed by atoms with Crippen molar-refractivity contribution in [1.82, 2.24) is 0 Å². The fourth-order valence-electron chi connectivity index (χ4n) is 1.39. The molecule has 0 saturated carbocycles. The number of aliphatic carboxylic acids is 4. The van der Waals surface area contributed by atoms with Gasteiger partial charge in [0.2, 0.25) is 0 Å². The second-order valence-corrected chi connectivity index (χ2v) is 5.85. The van der Waals surface area contributed by atoms with Gasteiger partial charge in [0, 0.05) is 25.8 Å². The van der Waals surface area contributed by atoms with Gasteiger partial charge in [0.15, 0.2) is 0 Å². The molecule has 0 radical (unpaired) electrons. The van der Waals surface area contributed by atoms with Crippen LogP contribution in [0, 0.1) is 0 Å². The summed E-state index contributed by atoms with van der Waals surface area (Å²) in [6.45, 7) is 1.95. The Morgan fingerprint density at radius 3 is 0.933 bits per heavy atom. The Morgan fingerprint density at radius 1 is 0.400 bits per heavy atom. The van der Waals surface area contributed by atoms with E-state index in [0.29, 0.717) is 32.5 Å². The summed E-state index contributed by atoms with van der Waals surface area (Å²) in [7, 11) is 0. The Balaban J connectivity index is -0.000000152. The largest absolute Gasteiger partial charge is 0.481 e. The third-order valence-electron chi connectivity index (χ3n) is 2.89. The van der Waals surface area contributed by atoms with Crippen molar-refractivity contribution in [3.8, 4) is 0 Å². The number of carboxylic acids is 4. The van der Waals surface area contributed by atoms with E-state index in [1.54, 1.807) is 0 Å². The predicted octanol–water partition coefficient (Wildman–Crippen LogP) is 0.0198. The number of rotatable bonds is 14. The third-order valence-corrected chi connectivity index (χ3v) is 2.89. The van der Waals surface area contributed by atoms with E-state index < -0.39 is 23.9 Å². The lowest BCUT2D eigenvalue weighted by molar-refractivity contribution is -0.138. The number of nitrogens with two attached hydrogens (primary N) is 4. The van der Waals surface area contributed by atoms with Gasteiger partial charge in [0.1, 0.15) is 0 Å². The summed E-state index contributed by atoms with van der Waals surface area (Å²) in [5, 5.41) is 32.1. The number of hydrogen-bond acceptors (Lipinski definition) is 8. The summed E-state index contributed by atoms with van der Waals surface area (Å²) in [4.78, 5) is 39.0. The van der Waals surface area contributed by atoms with E-state index in [1.807, 2.05) is 0 Å². The third kappa shape index (κ3) is 63.6. The molecule has 0 aromatic rings. The maximum absolute atomic E-state index is 9.93. The average molecular weight is 441 g/mol. The highest BCUT2D eigenvalue weighted by atomic mass is 16.4. The first-order valence-electron chi connectivity index (χ1n) is 9.76. The molecule has 0 heterocycles. The quantitative estimate of drug-likeness (QED) is 0.166. The minimum atomic E-state index is -0.836. The lowest BCUT2D eigenvalue weighted by atomic mass is 10.2. The molecule has 0 aliphatic rings. The molecule has 0 bridgehead atoms. The zero-order valence-electron chi connectivity index (χ0n) is 17.6. The summed E-state index contributed by atoms with van der Waals surface area (Å²) >= 11 is 0. The van der Waals surface area contributed by atoms with Crippen LogP contribution < -0.4 is 22.9 Å². The van der Waals surface area contributed by atoms with Crippen LogP contribution >= 0.6 is 0 Å². The molecular weight excluding hydrogens is 400 g/mol. The molecule has 0 fully saturated rings. The van der Waals surface area contributed by atoms with Gasteiger partial charge in [-0.05, 0) is 51.7 Å². The molecule has 0 saturated heterocycles. The molecular formula is C18H40N4O8. The highest BCUT2D eigenvalue weighted by Gasteiger charge is 1.94. The van der Waals surface area contributed by atoms with Crippen LogP contribution in [0.3, 0.4) is 0 Å². The Morgan fingerprint density at radius 2 is 0.700 bits per heavy atom. The number of carbonyl (C=O) groups is 4. The SMILES string of the molecule is NCCC(=O)O.NCCCC(=O)O.NCCCCC(=O)O.NCCCCCC(=O)O. The van der Waals surface area contributed by atoms with Crippen molar-refractivity contribution in [3.63, 3.8) is 0 Å². The Labute approximate surface area is 177 Å². The van der Waals surface area contributed by atoms with Crippen LogP contribution in [0.4, 0.5) is 0 Å². The molecule has 12 heteroatoms. The maximum Gasteiger partial charge on any atom is 0.304 e. The van der Waals surface area contributed by atoms with E-state index in [-0.39, 0.29) is 32.2 Å². The fourth-order valence-corrected chi connectivity index (χ4v) is 1.39. The molecule has 30 heavy (non-hydrogen) atoms. The number of hydrogen-bond donors (Lipinski definition) is 8. The van der Waals surface area contributed by atoms with E-state index >= 15 is 0 Å². The van der Waals surface area contributed by atoms with E-state index in [2.05, 4.69) is 0 Å². The van der Waals surface area contributed by atoms with Crippen molar-refractivity contribution in [2.24, 2.45) is 22.9 Å². The van der Waals surface area contributed by atoms with E-state index in [4.69, 9.17) is 43.4 Å². The summed E-state index contributed by atoms with van der Waals surface area (Å²) in [6, 6.07) is 0. The van der Waals surface area contributed by atoms with Crippen LogP contribution in [0.1, 0.15) is 64.2 Å². The minimum absolute atomic E-state index is 0.0694. The molecule has 0 amide bonds. The monoisotopic (exact) mass is 440 g/mol. The van der Waals surface area contributed by atoms with Crippen molar-refractivity contribution >= 4 is 23.9 Å². The molecule has 12 nitrogen and oxygen atoms in total. The smallest absolute Gasteiger partial charge is 0.304 e. The molecule has 0 aliphatic heterocycles. The summed E-state index contributed by atoms with van der Waals surface area (Å²) < 4.78 is 0. The van der Waals surface area contributed by atoms with E-state index in [0.717, 1.165) is 25.7 Å². The standard InChI is InChI=1S/C6H13NO2.C5H11NO2.C4H9NO2.C3H7NO2/c7-5-3-1-2-4-6(8)9;6-4-2-1-3-5(7)8;5-3-1-2-4(6)7;4-2-1-3(5)6/h1-5,7H2,(H,8,9);1-4,6H2,(H,7,8);1-3,5H2,(H,6,7);1-2,4H2,(H,5,6). The molecule has 0 rings (SSSR count). The topological polar surface area (TPSA) is 253 Å². The summed E-state index contributed by atoms with van der Waals surface area (Å²) in [5.41, 5.74) is 20.2. The van der Waals surface area contributed by atoms with Gasteiger partial charge in [-0.1, -0.05) is 6.42 Å². The van der Waals surface area contributed by atoms with Gasteiger partial charge in [-0.3, -0.25) is 19.2 Å². The molecule has 0 aromatic carbocycles. The lowest BCUT2D eigenvalue weighted by Crippen LogP contribution is -2.05. The van der Waals surface area contributed by atoms with Crippen molar-refractivity contribution in [2.75, 3.05) is 26.2 Å². The lowest BCUT2D eigenvalue weighted by Gasteiger charge is -1.93. The van der Waals surface area contributed by atoms with Crippen LogP contribution in [0.2, 0.25) is 0 Å². The first kappa shape index (κ1) is 35.2. The first-order valence-corrected chi connectivity index (χ1v) is 9.76.